The van der Waals surface area contributed by atoms with Crippen molar-refractivity contribution in [2.24, 2.45) is 69.1 Å². The number of rotatable bonds is 14. The molecule has 2 N–H and O–H groups in total. The van der Waals surface area contributed by atoms with Gasteiger partial charge in [-0.15, -0.1) is 0 Å². The van der Waals surface area contributed by atoms with Crippen LogP contribution in [0.25, 0.3) is 17.4 Å². The predicted molar refractivity (Wildman–Crippen MR) is 347 cm³/mol. The third-order valence-electron chi connectivity index (χ3n) is 21.6. The van der Waals surface area contributed by atoms with E-state index in [1.807, 2.05) is 24.3 Å². The zero-order valence-electron chi connectivity index (χ0n) is 52.6. The van der Waals surface area contributed by atoms with Crippen LogP contribution in [0.3, 0.4) is 0 Å². The van der Waals surface area contributed by atoms with Crippen LogP contribution in [0.2, 0.25) is 0 Å². The topological polar surface area (TPSA) is 65.3 Å². The molecular formula is C76H108N2O3. The van der Waals surface area contributed by atoms with E-state index in [4.69, 9.17) is 9.73 Å². The molecule has 10 rings (SSSR count). The van der Waals surface area contributed by atoms with Crippen molar-refractivity contribution in [3.63, 3.8) is 0 Å². The van der Waals surface area contributed by atoms with Crippen molar-refractivity contribution in [2.45, 2.75) is 210 Å². The molecule has 1 aliphatic heterocycles. The second-order valence-electron chi connectivity index (χ2n) is 27.7. The lowest BCUT2D eigenvalue weighted by Crippen LogP contribution is -2.36. The molecule has 440 valence electrons. The van der Waals surface area contributed by atoms with Gasteiger partial charge in [-0.05, 0) is 221 Å². The van der Waals surface area contributed by atoms with E-state index in [0.717, 1.165) is 137 Å². The SMILES string of the molecule is C=C1CC[C@H](O)C/C1=C/C=C1\CCC[C@]2(C)[C@@H]([C@H](C)/C=C/[C@H](C)C(C)C)CC[C@@H]12.C=C1CC[C@H](O)C/C1=C/C=C1\CCC[C@]2(C)[C@@H]([C@H](C)CCCC(C)C)CC[C@@H]12.C=c1cc2c(c3ccccc13)=Nc1ccc(N(CC)CC)cc1O2. The van der Waals surface area contributed by atoms with Gasteiger partial charge < -0.3 is 19.8 Å². The summed E-state index contributed by atoms with van der Waals surface area (Å²) in [5, 5.41) is 24.1. The number of hydrogen-bond donors (Lipinski definition) is 2. The van der Waals surface area contributed by atoms with Gasteiger partial charge in [0.2, 0.25) is 0 Å². The Balaban J connectivity index is 0.000000160. The highest BCUT2D eigenvalue weighted by molar-refractivity contribution is 5.85. The quantitative estimate of drug-likeness (QED) is 0.124. The Morgan fingerprint density at radius 2 is 1.22 bits per heavy atom. The molecule has 0 unspecified atom stereocenters. The van der Waals surface area contributed by atoms with Crippen molar-refractivity contribution in [3.05, 3.63) is 142 Å². The maximum Gasteiger partial charge on any atom is 0.155 e. The van der Waals surface area contributed by atoms with Crippen molar-refractivity contribution in [1.29, 1.82) is 0 Å². The highest BCUT2D eigenvalue weighted by atomic mass is 16.5. The predicted octanol–water partition coefficient (Wildman–Crippen LogP) is 19.4. The molecule has 1 heterocycles. The second kappa shape index (κ2) is 27.8. The zero-order chi connectivity index (χ0) is 58.2. The van der Waals surface area contributed by atoms with E-state index in [1.54, 1.807) is 11.1 Å². The van der Waals surface area contributed by atoms with Gasteiger partial charge in [-0.3, -0.25) is 0 Å². The number of benzene rings is 3. The van der Waals surface area contributed by atoms with Gasteiger partial charge in [-0.2, -0.15) is 0 Å². The lowest BCUT2D eigenvalue weighted by atomic mass is 9.60. The minimum absolute atomic E-state index is 0.172. The number of hydrogen-bond acceptors (Lipinski definition) is 5. The summed E-state index contributed by atoms with van der Waals surface area (Å²) in [6.45, 7) is 40.7. The fraction of sp³-hybridized carbons (Fsp3) is 0.592. The van der Waals surface area contributed by atoms with Crippen LogP contribution in [-0.2, 0) is 0 Å². The number of fused-ring (bicyclic) bond motifs is 6. The van der Waals surface area contributed by atoms with Crippen molar-refractivity contribution in [3.8, 4) is 11.5 Å². The van der Waals surface area contributed by atoms with Gasteiger partial charge in [-0.1, -0.05) is 184 Å². The van der Waals surface area contributed by atoms with Crippen LogP contribution in [0, 0.1) is 64.1 Å². The van der Waals surface area contributed by atoms with E-state index in [2.05, 4.69) is 162 Å². The number of anilines is 1. The van der Waals surface area contributed by atoms with Crippen LogP contribution >= 0.6 is 0 Å². The first-order chi connectivity index (χ1) is 38.7. The van der Waals surface area contributed by atoms with E-state index >= 15 is 0 Å². The lowest BCUT2D eigenvalue weighted by Gasteiger charge is -2.44. The Morgan fingerprint density at radius 1 is 0.654 bits per heavy atom. The number of allylic oxidation sites excluding steroid dienone is 10. The van der Waals surface area contributed by atoms with E-state index in [1.165, 1.54) is 106 Å². The summed E-state index contributed by atoms with van der Waals surface area (Å²) in [7, 11) is 0. The first-order valence-electron chi connectivity index (χ1n) is 32.6. The molecule has 0 saturated heterocycles. The van der Waals surface area contributed by atoms with Crippen molar-refractivity contribution < 1.29 is 14.9 Å². The van der Waals surface area contributed by atoms with Crippen LogP contribution in [0.1, 0.15) is 198 Å². The van der Waals surface area contributed by atoms with Gasteiger partial charge in [0.25, 0.3) is 0 Å². The number of ether oxygens (including phenoxy) is 1. The Labute approximate surface area is 492 Å². The van der Waals surface area contributed by atoms with Crippen LogP contribution < -0.4 is 20.2 Å². The monoisotopic (exact) mass is 1100 g/mol. The van der Waals surface area contributed by atoms with E-state index in [0.29, 0.717) is 22.7 Å². The Morgan fingerprint density at radius 3 is 1.79 bits per heavy atom. The fourth-order valence-electron chi connectivity index (χ4n) is 16.2. The molecule has 6 aliphatic carbocycles. The minimum atomic E-state index is -0.182. The normalized spacial score (nSPS) is 30.3. The van der Waals surface area contributed by atoms with Gasteiger partial charge >= 0.3 is 0 Å². The molecule has 3 aromatic rings. The summed E-state index contributed by atoms with van der Waals surface area (Å²) in [6, 6.07) is 16.4. The van der Waals surface area contributed by atoms with Gasteiger partial charge in [0.1, 0.15) is 11.0 Å². The molecule has 0 spiro atoms. The number of aliphatic hydroxyl groups excluding tert-OH is 2. The fourth-order valence-corrected chi connectivity index (χ4v) is 16.2. The lowest BCUT2D eigenvalue weighted by molar-refractivity contribution is 0.0928. The maximum absolute atomic E-state index is 10.0. The number of aliphatic hydroxyl groups is 2. The molecule has 0 radical (unpaired) electrons. The molecule has 5 nitrogen and oxygen atoms in total. The van der Waals surface area contributed by atoms with E-state index in [-0.39, 0.29) is 12.2 Å². The molecular weight excluding hydrogens is 989 g/mol. The molecule has 7 aliphatic rings. The summed E-state index contributed by atoms with van der Waals surface area (Å²) >= 11 is 0. The molecule has 0 amide bonds. The molecule has 11 atom stereocenters. The molecule has 81 heavy (non-hydrogen) atoms. The molecule has 3 aromatic carbocycles. The Hall–Kier alpha value is -4.71. The van der Waals surface area contributed by atoms with Crippen LogP contribution in [0.15, 0.2) is 137 Å². The average molecular weight is 1100 g/mol. The first kappa shape index (κ1) is 62.3. The summed E-state index contributed by atoms with van der Waals surface area (Å²) in [6.07, 6.45) is 37.0. The van der Waals surface area contributed by atoms with E-state index < -0.39 is 0 Å². The number of nitrogens with zero attached hydrogens (tertiary/aromatic N) is 2. The Kier molecular flexibility index (Phi) is 21.4. The minimum Gasteiger partial charge on any atom is -0.453 e. The molecule has 0 bridgehead atoms. The zero-order valence-corrected chi connectivity index (χ0v) is 52.6. The molecule has 5 heteroatoms. The van der Waals surface area contributed by atoms with Crippen LogP contribution in [0.4, 0.5) is 11.4 Å². The molecule has 6 fully saturated rings. The Bertz CT molecular complexity index is 2940. The molecule has 0 aromatic heterocycles. The van der Waals surface area contributed by atoms with Crippen LogP contribution in [-0.4, -0.2) is 35.5 Å². The second-order valence-corrected chi connectivity index (χ2v) is 27.7. The standard InChI is InChI=1S/C28H44O.C27H44O.C21H20N2O/c1-19(2)20(3)9-10-22(5)26-15-16-27-23(8-7-17-28(26,27)6)12-13-24-18-25(29)14-11-21(24)4;1-19(2)8-6-9-21(4)25-15-16-26-22(10-7-17-27(25,26)5)12-13-23-18-24(28)14-11-20(23)3;1-4-23(5-2)15-10-11-18-19(13-15)24-20-12-14(3)16-8-6-7-9-17(16)21(20)22-18/h9-10,12-13,19-20,22,25-27,29H,4,7-8,11,14-18H2,1-3,5-6H3;12-13,19,21,24-26,28H,3,6-11,14-18H2,1-2,4-5H3;6-13H,3-5H2,1-2H3/b10-9+,23-12+,24-13-;22-12+,23-13-;/t20-,22+,25-,26+,27-,28+;21-,24+,25-,26+,27-;/m01./s1. The van der Waals surface area contributed by atoms with Crippen molar-refractivity contribution >= 4 is 28.7 Å². The average Bonchev–Trinajstić information content (AvgIpc) is 4.24. The van der Waals surface area contributed by atoms with E-state index in [9.17, 15) is 10.2 Å². The first-order valence-corrected chi connectivity index (χ1v) is 32.6. The van der Waals surface area contributed by atoms with Gasteiger partial charge in [0, 0.05) is 30.2 Å². The smallest absolute Gasteiger partial charge is 0.155 e. The van der Waals surface area contributed by atoms with Gasteiger partial charge in [-0.25, -0.2) is 4.99 Å². The van der Waals surface area contributed by atoms with Crippen molar-refractivity contribution in [2.75, 3.05) is 18.0 Å². The summed E-state index contributed by atoms with van der Waals surface area (Å²) in [5.41, 5.74) is 11.4. The highest BCUT2D eigenvalue weighted by Crippen LogP contribution is 2.61. The molecule has 6 saturated carbocycles. The summed E-state index contributed by atoms with van der Waals surface area (Å²) < 4.78 is 6.19. The maximum atomic E-state index is 10.0. The van der Waals surface area contributed by atoms with Crippen molar-refractivity contribution in [1.82, 2.24) is 0 Å². The third-order valence-corrected chi connectivity index (χ3v) is 21.6. The van der Waals surface area contributed by atoms with Crippen LogP contribution in [0.5, 0.6) is 11.5 Å². The summed E-state index contributed by atoms with van der Waals surface area (Å²) in [4.78, 5) is 7.16. The van der Waals surface area contributed by atoms with Gasteiger partial charge in [0.05, 0.1) is 12.2 Å². The van der Waals surface area contributed by atoms with Gasteiger partial charge in [0.15, 0.2) is 11.5 Å². The third kappa shape index (κ3) is 14.6. The highest BCUT2D eigenvalue weighted by Gasteiger charge is 2.51. The largest absolute Gasteiger partial charge is 0.453 e. The summed E-state index contributed by atoms with van der Waals surface area (Å²) in [5.74, 6) is 8.53.